The van der Waals surface area contributed by atoms with Crippen molar-refractivity contribution in [3.63, 3.8) is 0 Å². The first kappa shape index (κ1) is 31.6. The first-order valence-corrected chi connectivity index (χ1v) is 19.3. The zero-order valence-corrected chi connectivity index (χ0v) is 30.7. The second kappa shape index (κ2) is 12.4. The van der Waals surface area contributed by atoms with E-state index in [1.165, 1.54) is 21.5 Å². The molecule has 0 spiro atoms. The Morgan fingerprint density at radius 2 is 0.860 bits per heavy atom. The molecule has 0 saturated heterocycles. The topological polar surface area (TPSA) is 48.8 Å². The second-order valence-corrected chi connectivity index (χ2v) is 14.6. The monoisotopic (exact) mass is 728 g/mol. The SMILES string of the molecule is c1ccc(-c2nc(-c3ccccc3)c3oc4cccc(-c5cc(-n6c7ccccc7c7ccccc76)cc(-n6c7ccccc7c7ccccc76)c5)c4c3n2)cc1. The van der Waals surface area contributed by atoms with Crippen molar-refractivity contribution in [2.24, 2.45) is 0 Å². The molecular formula is C52H32N4O. The van der Waals surface area contributed by atoms with Crippen LogP contribution in [0.3, 0.4) is 0 Å². The van der Waals surface area contributed by atoms with Crippen LogP contribution >= 0.6 is 0 Å². The van der Waals surface area contributed by atoms with E-state index in [0.717, 1.165) is 77.9 Å². The summed E-state index contributed by atoms with van der Waals surface area (Å²) in [4.78, 5) is 10.4. The molecule has 12 aromatic rings. The minimum absolute atomic E-state index is 0.657. The fraction of sp³-hybridized carbons (Fsp3) is 0. The van der Waals surface area contributed by atoms with E-state index >= 15 is 0 Å². The van der Waals surface area contributed by atoms with Crippen LogP contribution in [0.4, 0.5) is 0 Å². The maximum absolute atomic E-state index is 6.79. The quantitative estimate of drug-likeness (QED) is 0.177. The Labute approximate surface area is 327 Å². The highest BCUT2D eigenvalue weighted by atomic mass is 16.3. The van der Waals surface area contributed by atoms with Crippen LogP contribution < -0.4 is 0 Å². The number of aromatic nitrogens is 4. The van der Waals surface area contributed by atoms with Crippen molar-refractivity contribution in [1.29, 1.82) is 0 Å². The molecule has 0 bridgehead atoms. The van der Waals surface area contributed by atoms with Gasteiger partial charge in [0.05, 0.1) is 27.5 Å². The smallest absolute Gasteiger partial charge is 0.180 e. The van der Waals surface area contributed by atoms with Crippen LogP contribution in [0.5, 0.6) is 0 Å². The minimum Gasteiger partial charge on any atom is -0.452 e. The highest BCUT2D eigenvalue weighted by Gasteiger charge is 2.23. The summed E-state index contributed by atoms with van der Waals surface area (Å²) in [5.41, 5.74) is 13.8. The summed E-state index contributed by atoms with van der Waals surface area (Å²) >= 11 is 0. The summed E-state index contributed by atoms with van der Waals surface area (Å²) in [6, 6.07) is 68.5. The number of nitrogens with zero attached hydrogens (tertiary/aromatic N) is 4. The Bertz CT molecular complexity index is 3280. The fourth-order valence-electron chi connectivity index (χ4n) is 8.85. The molecule has 0 aliphatic heterocycles. The van der Waals surface area contributed by atoms with Crippen molar-refractivity contribution in [3.8, 4) is 45.1 Å². The van der Waals surface area contributed by atoms with E-state index < -0.39 is 0 Å². The third kappa shape index (κ3) is 4.82. The molecule has 0 unspecified atom stereocenters. The van der Waals surface area contributed by atoms with Crippen LogP contribution in [0.1, 0.15) is 0 Å². The summed E-state index contributed by atoms with van der Waals surface area (Å²) in [5.74, 6) is 0.657. The van der Waals surface area contributed by atoms with Gasteiger partial charge in [0.1, 0.15) is 16.8 Å². The Kier molecular flexibility index (Phi) is 6.86. The van der Waals surface area contributed by atoms with Gasteiger partial charge < -0.3 is 13.6 Å². The Morgan fingerprint density at radius 3 is 1.39 bits per heavy atom. The lowest BCUT2D eigenvalue weighted by atomic mass is 9.99. The molecule has 0 fully saturated rings. The molecule has 4 aromatic heterocycles. The van der Waals surface area contributed by atoms with Crippen molar-refractivity contribution in [3.05, 3.63) is 194 Å². The predicted octanol–water partition coefficient (Wildman–Crippen LogP) is 13.6. The highest BCUT2D eigenvalue weighted by molar-refractivity contribution is 6.15. The average molecular weight is 729 g/mol. The van der Waals surface area contributed by atoms with E-state index in [2.05, 4.69) is 161 Å². The molecule has 0 atom stereocenters. The van der Waals surface area contributed by atoms with Crippen LogP contribution in [0.25, 0.3) is 111 Å². The summed E-state index contributed by atoms with van der Waals surface area (Å²) in [5, 5.41) is 5.84. The van der Waals surface area contributed by atoms with Crippen LogP contribution in [-0.2, 0) is 0 Å². The van der Waals surface area contributed by atoms with E-state index in [4.69, 9.17) is 14.4 Å². The van der Waals surface area contributed by atoms with Crippen LogP contribution in [0.2, 0.25) is 0 Å². The first-order chi connectivity index (χ1) is 28.3. The zero-order valence-electron chi connectivity index (χ0n) is 30.7. The van der Waals surface area contributed by atoms with Gasteiger partial charge in [0.2, 0.25) is 0 Å². The van der Waals surface area contributed by atoms with Crippen molar-refractivity contribution >= 4 is 65.7 Å². The van der Waals surface area contributed by atoms with E-state index in [1.54, 1.807) is 0 Å². The highest BCUT2D eigenvalue weighted by Crippen LogP contribution is 2.43. The molecule has 0 saturated carbocycles. The van der Waals surface area contributed by atoms with Crippen molar-refractivity contribution in [1.82, 2.24) is 19.1 Å². The van der Waals surface area contributed by atoms with E-state index in [1.807, 2.05) is 42.5 Å². The summed E-state index contributed by atoms with van der Waals surface area (Å²) in [7, 11) is 0. The Hall–Kier alpha value is -7.76. The van der Waals surface area contributed by atoms with Crippen molar-refractivity contribution in [2.75, 3.05) is 0 Å². The minimum atomic E-state index is 0.657. The van der Waals surface area contributed by atoms with Gasteiger partial charge in [-0.25, -0.2) is 9.97 Å². The Morgan fingerprint density at radius 1 is 0.386 bits per heavy atom. The number of fused-ring (bicyclic) bond motifs is 9. The summed E-state index contributed by atoms with van der Waals surface area (Å²) in [6.07, 6.45) is 0. The van der Waals surface area contributed by atoms with Gasteiger partial charge in [0.25, 0.3) is 0 Å². The average Bonchev–Trinajstić information content (AvgIpc) is 3.94. The number of rotatable bonds is 5. The number of hydrogen-bond donors (Lipinski definition) is 0. The predicted molar refractivity (Wildman–Crippen MR) is 234 cm³/mol. The molecule has 266 valence electrons. The summed E-state index contributed by atoms with van der Waals surface area (Å²) < 4.78 is 11.6. The van der Waals surface area contributed by atoms with Crippen LogP contribution in [-0.4, -0.2) is 19.1 Å². The maximum Gasteiger partial charge on any atom is 0.180 e. The van der Waals surface area contributed by atoms with Gasteiger partial charge in [0, 0.05) is 44.0 Å². The van der Waals surface area contributed by atoms with Gasteiger partial charge in [0.15, 0.2) is 11.4 Å². The van der Waals surface area contributed by atoms with Crippen LogP contribution in [0, 0.1) is 0 Å². The largest absolute Gasteiger partial charge is 0.452 e. The maximum atomic E-state index is 6.79. The van der Waals surface area contributed by atoms with E-state index in [0.29, 0.717) is 11.4 Å². The molecular weight excluding hydrogens is 697 g/mol. The van der Waals surface area contributed by atoms with E-state index in [-0.39, 0.29) is 0 Å². The van der Waals surface area contributed by atoms with Gasteiger partial charge in [-0.1, -0.05) is 146 Å². The van der Waals surface area contributed by atoms with Crippen molar-refractivity contribution < 1.29 is 4.42 Å². The molecule has 0 aliphatic carbocycles. The number of hydrogen-bond acceptors (Lipinski definition) is 3. The van der Waals surface area contributed by atoms with Gasteiger partial charge >= 0.3 is 0 Å². The molecule has 12 rings (SSSR count). The van der Waals surface area contributed by atoms with Crippen LogP contribution in [0.15, 0.2) is 199 Å². The van der Waals surface area contributed by atoms with Gasteiger partial charge in [-0.2, -0.15) is 0 Å². The number of para-hydroxylation sites is 4. The van der Waals surface area contributed by atoms with Crippen molar-refractivity contribution in [2.45, 2.75) is 0 Å². The Balaban J connectivity index is 1.20. The molecule has 0 N–H and O–H groups in total. The molecule has 0 aliphatic rings. The standard InChI is InChI=1S/C52H32N4O/c1-3-16-33(17-4-1)49-51-50(54-52(53-49)34-18-5-2-6-19-34)48-38(24-15-29-47(48)57-51)35-30-36(55-43-25-11-7-20-39(43)40-21-8-12-26-44(40)55)32-37(31-35)56-45-27-13-9-22-41(45)42-23-10-14-28-46(42)56/h1-32H. The van der Waals surface area contributed by atoms with Gasteiger partial charge in [-0.05, 0) is 59.7 Å². The molecule has 4 heterocycles. The molecule has 57 heavy (non-hydrogen) atoms. The lowest BCUT2D eigenvalue weighted by Gasteiger charge is -2.16. The number of furan rings is 1. The summed E-state index contributed by atoms with van der Waals surface area (Å²) in [6.45, 7) is 0. The molecule has 5 heteroatoms. The third-order valence-corrected chi connectivity index (χ3v) is 11.3. The number of benzene rings is 8. The normalized spacial score (nSPS) is 11.9. The third-order valence-electron chi connectivity index (χ3n) is 11.3. The van der Waals surface area contributed by atoms with Gasteiger partial charge in [-0.15, -0.1) is 0 Å². The first-order valence-electron chi connectivity index (χ1n) is 19.3. The molecule has 5 nitrogen and oxygen atoms in total. The second-order valence-electron chi connectivity index (χ2n) is 14.6. The molecule has 8 aromatic carbocycles. The zero-order chi connectivity index (χ0) is 37.5. The van der Waals surface area contributed by atoms with Gasteiger partial charge in [-0.3, -0.25) is 0 Å². The lowest BCUT2D eigenvalue weighted by Crippen LogP contribution is -2.00. The van der Waals surface area contributed by atoms with E-state index in [9.17, 15) is 0 Å². The lowest BCUT2D eigenvalue weighted by molar-refractivity contribution is 0.667. The fourth-order valence-corrected chi connectivity index (χ4v) is 8.85. The molecule has 0 amide bonds. The molecule has 0 radical (unpaired) electrons.